The molecule has 0 bridgehead atoms. The van der Waals surface area contributed by atoms with Crippen LogP contribution < -0.4 is 15.8 Å². The van der Waals surface area contributed by atoms with E-state index in [1.54, 1.807) is 6.07 Å². The van der Waals surface area contributed by atoms with Crippen molar-refractivity contribution in [3.8, 4) is 5.75 Å². The van der Waals surface area contributed by atoms with Gasteiger partial charge in [-0.25, -0.2) is 0 Å². The molecule has 0 spiro atoms. The van der Waals surface area contributed by atoms with E-state index in [0.29, 0.717) is 30.5 Å². The number of benzene rings is 1. The fourth-order valence-electron chi connectivity index (χ4n) is 2.96. The molecule has 2 atom stereocenters. The monoisotopic (exact) mass is 290 g/mol. The van der Waals surface area contributed by atoms with E-state index in [0.717, 1.165) is 18.8 Å². The van der Waals surface area contributed by atoms with Crippen LogP contribution in [0.1, 0.15) is 45.4 Å². The molecule has 1 amide bonds. The predicted molar refractivity (Wildman–Crippen MR) is 85.1 cm³/mol. The molecule has 2 rings (SSSR count). The Labute approximate surface area is 127 Å². The van der Waals surface area contributed by atoms with Gasteiger partial charge >= 0.3 is 0 Å². The molecule has 116 valence electrons. The fraction of sp³-hybridized carbons (Fsp3) is 0.588. The molecule has 4 heteroatoms. The second-order valence-electron chi connectivity index (χ2n) is 5.88. The van der Waals surface area contributed by atoms with E-state index in [9.17, 15) is 4.79 Å². The molecule has 0 radical (unpaired) electrons. The highest BCUT2D eigenvalue weighted by Gasteiger charge is 2.21. The van der Waals surface area contributed by atoms with Crippen LogP contribution in [0.4, 0.5) is 5.69 Å². The Morgan fingerprint density at radius 3 is 3.05 bits per heavy atom. The SMILES string of the molecule is CCC1CCCC(NC(=O)CCOc2cccc(N)c2)C1. The summed E-state index contributed by atoms with van der Waals surface area (Å²) in [6.45, 7) is 2.62. The summed E-state index contributed by atoms with van der Waals surface area (Å²) in [5, 5.41) is 3.14. The fourth-order valence-corrected chi connectivity index (χ4v) is 2.96. The summed E-state index contributed by atoms with van der Waals surface area (Å²) in [6.07, 6.45) is 6.37. The number of nitrogen functional groups attached to an aromatic ring is 1. The average molecular weight is 290 g/mol. The van der Waals surface area contributed by atoms with E-state index in [-0.39, 0.29) is 5.91 Å². The lowest BCUT2D eigenvalue weighted by atomic mass is 9.84. The van der Waals surface area contributed by atoms with E-state index in [4.69, 9.17) is 10.5 Å². The first-order valence-corrected chi connectivity index (χ1v) is 7.95. The zero-order valence-electron chi connectivity index (χ0n) is 12.8. The van der Waals surface area contributed by atoms with Crippen molar-refractivity contribution >= 4 is 11.6 Å². The second-order valence-corrected chi connectivity index (χ2v) is 5.88. The molecule has 21 heavy (non-hydrogen) atoms. The third-order valence-corrected chi connectivity index (χ3v) is 4.18. The standard InChI is InChI=1S/C17H26N2O2/c1-2-13-5-3-7-15(11-13)19-17(20)9-10-21-16-8-4-6-14(18)12-16/h4,6,8,12-13,15H,2-3,5,7,9-11,18H2,1H3,(H,19,20). The Hall–Kier alpha value is -1.71. The maximum absolute atomic E-state index is 11.9. The molecule has 3 N–H and O–H groups in total. The van der Waals surface area contributed by atoms with Gasteiger partial charge in [0.05, 0.1) is 13.0 Å². The summed E-state index contributed by atoms with van der Waals surface area (Å²) < 4.78 is 5.55. The van der Waals surface area contributed by atoms with Crippen LogP contribution in [0.15, 0.2) is 24.3 Å². The smallest absolute Gasteiger partial charge is 0.223 e. The number of rotatable bonds is 6. The highest BCUT2D eigenvalue weighted by molar-refractivity contribution is 5.76. The van der Waals surface area contributed by atoms with E-state index in [1.165, 1.54) is 19.3 Å². The third kappa shape index (κ3) is 5.29. The van der Waals surface area contributed by atoms with Crippen LogP contribution in [0.3, 0.4) is 0 Å². The van der Waals surface area contributed by atoms with Gasteiger partial charge < -0.3 is 15.8 Å². The van der Waals surface area contributed by atoms with E-state index >= 15 is 0 Å². The molecule has 1 aliphatic rings. The summed E-state index contributed by atoms with van der Waals surface area (Å²) in [6, 6.07) is 7.62. The Bertz CT molecular complexity index is 462. The largest absolute Gasteiger partial charge is 0.493 e. The zero-order chi connectivity index (χ0) is 15.1. The number of anilines is 1. The maximum Gasteiger partial charge on any atom is 0.223 e. The molecule has 0 heterocycles. The van der Waals surface area contributed by atoms with Crippen molar-refractivity contribution in [1.82, 2.24) is 5.32 Å². The first-order valence-electron chi connectivity index (χ1n) is 7.95. The average Bonchev–Trinajstić information content (AvgIpc) is 2.47. The van der Waals surface area contributed by atoms with Gasteiger partial charge in [-0.1, -0.05) is 32.3 Å². The van der Waals surface area contributed by atoms with Gasteiger partial charge in [-0.2, -0.15) is 0 Å². The third-order valence-electron chi connectivity index (χ3n) is 4.18. The number of nitrogens with two attached hydrogens (primary N) is 1. The number of amides is 1. The van der Waals surface area contributed by atoms with E-state index in [2.05, 4.69) is 12.2 Å². The summed E-state index contributed by atoms with van der Waals surface area (Å²) in [7, 11) is 0. The van der Waals surface area contributed by atoms with Crippen molar-refractivity contribution in [3.63, 3.8) is 0 Å². The summed E-state index contributed by atoms with van der Waals surface area (Å²) in [5.74, 6) is 1.57. The zero-order valence-corrected chi connectivity index (χ0v) is 12.8. The molecule has 0 saturated heterocycles. The van der Waals surface area contributed by atoms with Crippen LogP contribution in [0.2, 0.25) is 0 Å². The van der Waals surface area contributed by atoms with Crippen molar-refractivity contribution in [2.45, 2.75) is 51.5 Å². The minimum Gasteiger partial charge on any atom is -0.493 e. The Morgan fingerprint density at radius 1 is 1.43 bits per heavy atom. The van der Waals surface area contributed by atoms with Gasteiger partial charge in [0.15, 0.2) is 0 Å². The molecule has 4 nitrogen and oxygen atoms in total. The number of hydrogen-bond donors (Lipinski definition) is 2. The van der Waals surface area contributed by atoms with Crippen molar-refractivity contribution in [2.75, 3.05) is 12.3 Å². The van der Waals surface area contributed by atoms with E-state index in [1.807, 2.05) is 18.2 Å². The Balaban J connectivity index is 1.67. The van der Waals surface area contributed by atoms with Crippen LogP contribution in [0.5, 0.6) is 5.75 Å². The molecule has 1 aromatic carbocycles. The number of hydrogen-bond acceptors (Lipinski definition) is 3. The topological polar surface area (TPSA) is 64.3 Å². The van der Waals surface area contributed by atoms with Gasteiger partial charge in [-0.05, 0) is 30.9 Å². The molecule has 1 saturated carbocycles. The number of nitrogens with one attached hydrogen (secondary N) is 1. The molecule has 1 aliphatic carbocycles. The molecule has 1 fully saturated rings. The van der Waals surface area contributed by atoms with Gasteiger partial charge in [0.2, 0.25) is 5.91 Å². The van der Waals surface area contributed by atoms with Crippen molar-refractivity contribution < 1.29 is 9.53 Å². The summed E-state index contributed by atoms with van der Waals surface area (Å²) >= 11 is 0. The predicted octanol–water partition coefficient (Wildman–Crippen LogP) is 3.12. The first-order chi connectivity index (χ1) is 10.2. The maximum atomic E-state index is 11.9. The molecular formula is C17H26N2O2. The highest BCUT2D eigenvalue weighted by Crippen LogP contribution is 2.26. The van der Waals surface area contributed by atoms with Crippen molar-refractivity contribution in [3.05, 3.63) is 24.3 Å². The van der Waals surface area contributed by atoms with Crippen LogP contribution >= 0.6 is 0 Å². The second kappa shape index (κ2) is 7.91. The number of carbonyl (C=O) groups is 1. The minimum atomic E-state index is 0.0839. The number of ether oxygens (including phenoxy) is 1. The summed E-state index contributed by atoms with van der Waals surface area (Å²) in [4.78, 5) is 11.9. The van der Waals surface area contributed by atoms with Gasteiger partial charge in [0.25, 0.3) is 0 Å². The van der Waals surface area contributed by atoms with Crippen LogP contribution in [-0.4, -0.2) is 18.6 Å². The lowest BCUT2D eigenvalue weighted by molar-refractivity contribution is -0.122. The van der Waals surface area contributed by atoms with Gasteiger partial charge in [0.1, 0.15) is 5.75 Å². The molecule has 0 aromatic heterocycles. The number of carbonyl (C=O) groups excluding carboxylic acids is 1. The van der Waals surface area contributed by atoms with Crippen molar-refractivity contribution in [2.24, 2.45) is 5.92 Å². The minimum absolute atomic E-state index is 0.0839. The normalized spacial score (nSPS) is 21.8. The Morgan fingerprint density at radius 2 is 2.29 bits per heavy atom. The first kappa shape index (κ1) is 15.7. The van der Waals surface area contributed by atoms with Gasteiger partial charge in [0, 0.05) is 17.8 Å². The quantitative estimate of drug-likeness (QED) is 0.791. The highest BCUT2D eigenvalue weighted by atomic mass is 16.5. The van der Waals surface area contributed by atoms with Crippen LogP contribution in [-0.2, 0) is 4.79 Å². The molecule has 0 aliphatic heterocycles. The lowest BCUT2D eigenvalue weighted by Crippen LogP contribution is -2.38. The summed E-state index contributed by atoms with van der Waals surface area (Å²) in [5.41, 5.74) is 6.35. The van der Waals surface area contributed by atoms with Crippen molar-refractivity contribution in [1.29, 1.82) is 0 Å². The van der Waals surface area contributed by atoms with Crippen LogP contribution in [0, 0.1) is 5.92 Å². The molecule has 1 aromatic rings. The lowest BCUT2D eigenvalue weighted by Gasteiger charge is -2.29. The van der Waals surface area contributed by atoms with Gasteiger partial charge in [-0.3, -0.25) is 4.79 Å². The molecule has 2 unspecified atom stereocenters. The Kier molecular flexibility index (Phi) is 5.90. The molecular weight excluding hydrogens is 264 g/mol. The van der Waals surface area contributed by atoms with E-state index < -0.39 is 0 Å². The van der Waals surface area contributed by atoms with Gasteiger partial charge in [-0.15, -0.1) is 0 Å². The van der Waals surface area contributed by atoms with Crippen LogP contribution in [0.25, 0.3) is 0 Å².